The first-order chi connectivity index (χ1) is 14.7. The molecule has 1 aliphatic rings. The quantitative estimate of drug-likeness (QED) is 0.627. The summed E-state index contributed by atoms with van der Waals surface area (Å²) in [6.45, 7) is 4.78. The number of amides is 1. The summed E-state index contributed by atoms with van der Waals surface area (Å²) in [6, 6.07) is 19.3. The van der Waals surface area contributed by atoms with Crippen molar-refractivity contribution in [2.75, 3.05) is 13.1 Å². The molecule has 0 bridgehead atoms. The van der Waals surface area contributed by atoms with Crippen LogP contribution in [0.3, 0.4) is 0 Å². The van der Waals surface area contributed by atoms with Crippen LogP contribution in [-0.2, 0) is 11.4 Å². The van der Waals surface area contributed by atoms with E-state index < -0.39 is 0 Å². The van der Waals surface area contributed by atoms with Crippen LogP contribution in [-0.4, -0.2) is 38.8 Å². The number of para-hydroxylation sites is 1. The van der Waals surface area contributed by atoms with E-state index in [4.69, 9.17) is 9.84 Å². The van der Waals surface area contributed by atoms with Crippen molar-refractivity contribution in [3.05, 3.63) is 79.0 Å². The van der Waals surface area contributed by atoms with E-state index in [1.54, 1.807) is 4.90 Å². The normalized spacial score (nSPS) is 16.3. The fraction of sp³-hybridized carbons (Fsp3) is 0.250. The lowest BCUT2D eigenvalue weighted by atomic mass is 10.1. The van der Waals surface area contributed by atoms with Gasteiger partial charge in [0.15, 0.2) is 0 Å². The van der Waals surface area contributed by atoms with Crippen LogP contribution in [0, 0.1) is 0 Å². The van der Waals surface area contributed by atoms with Gasteiger partial charge in [-0.2, -0.15) is 5.10 Å². The highest BCUT2D eigenvalue weighted by molar-refractivity contribution is 5.87. The minimum atomic E-state index is -0.103. The van der Waals surface area contributed by atoms with Crippen molar-refractivity contribution in [3.63, 3.8) is 0 Å². The molecule has 30 heavy (non-hydrogen) atoms. The molecule has 1 unspecified atom stereocenters. The molecular formula is C24H25N3O3. The highest BCUT2D eigenvalue weighted by Gasteiger charge is 2.26. The molecule has 1 fully saturated rings. The first kappa shape index (κ1) is 19.9. The van der Waals surface area contributed by atoms with Crippen molar-refractivity contribution in [1.29, 1.82) is 0 Å². The lowest BCUT2D eigenvalue weighted by Gasteiger charge is -2.32. The first-order valence-corrected chi connectivity index (χ1v) is 10.1. The van der Waals surface area contributed by atoms with Gasteiger partial charge in [-0.05, 0) is 61.4 Å². The second-order valence-electron chi connectivity index (χ2n) is 7.35. The summed E-state index contributed by atoms with van der Waals surface area (Å²) in [7, 11) is 0. The molecule has 1 aromatic heterocycles. The lowest BCUT2D eigenvalue weighted by Crippen LogP contribution is -2.40. The third-order valence-electron chi connectivity index (χ3n) is 5.33. The Balaban J connectivity index is 1.53. The topological polar surface area (TPSA) is 67.6 Å². The number of benzene rings is 2. The molecule has 6 nitrogen and oxygen atoms in total. The predicted molar refractivity (Wildman–Crippen MR) is 115 cm³/mol. The number of carbonyl (C=O) groups is 1. The number of hydrogen-bond donors (Lipinski definition) is 1. The minimum absolute atomic E-state index is 0.0410. The number of aromatic nitrogens is 2. The molecule has 4 rings (SSSR count). The fourth-order valence-electron chi connectivity index (χ4n) is 3.81. The molecule has 1 N–H and O–H groups in total. The number of hydrogen-bond acceptors (Lipinski definition) is 4. The standard InChI is InChI=1S/C24H25N3O3/c1-2-24(29)26-14-6-7-19(16-26)27-20(17-28)15-23(25-27)18-10-12-22(13-11-18)30-21-8-4-3-5-9-21/h2-5,8-13,15,19,28H,1,6-7,14,16-17H2. The maximum atomic E-state index is 12.0. The Morgan fingerprint density at radius 2 is 1.90 bits per heavy atom. The molecule has 2 aromatic carbocycles. The van der Waals surface area contributed by atoms with Crippen molar-refractivity contribution in [2.45, 2.75) is 25.5 Å². The molecule has 0 spiro atoms. The molecule has 3 aromatic rings. The maximum absolute atomic E-state index is 12.0. The van der Waals surface area contributed by atoms with E-state index in [1.807, 2.05) is 65.3 Å². The van der Waals surface area contributed by atoms with Gasteiger partial charge in [0.25, 0.3) is 0 Å². The van der Waals surface area contributed by atoms with E-state index in [0.29, 0.717) is 6.54 Å². The SMILES string of the molecule is C=CC(=O)N1CCCC(n2nc(-c3ccc(Oc4ccccc4)cc3)cc2CO)C1. The van der Waals surface area contributed by atoms with Crippen molar-refractivity contribution < 1.29 is 14.6 Å². The first-order valence-electron chi connectivity index (χ1n) is 10.1. The van der Waals surface area contributed by atoms with Crippen LogP contribution in [0.4, 0.5) is 0 Å². The number of carbonyl (C=O) groups excluding carboxylic acids is 1. The second kappa shape index (κ2) is 8.97. The van der Waals surface area contributed by atoms with E-state index in [0.717, 1.165) is 47.8 Å². The molecule has 1 amide bonds. The molecule has 6 heteroatoms. The van der Waals surface area contributed by atoms with Gasteiger partial charge in [0.05, 0.1) is 24.0 Å². The lowest BCUT2D eigenvalue weighted by molar-refractivity contribution is -0.127. The van der Waals surface area contributed by atoms with Crippen LogP contribution in [0.25, 0.3) is 11.3 Å². The van der Waals surface area contributed by atoms with Crippen LogP contribution in [0.2, 0.25) is 0 Å². The number of ether oxygens (including phenoxy) is 1. The molecule has 0 radical (unpaired) electrons. The number of aliphatic hydroxyl groups excluding tert-OH is 1. The van der Waals surface area contributed by atoms with Gasteiger partial charge in [-0.15, -0.1) is 0 Å². The Morgan fingerprint density at radius 1 is 1.17 bits per heavy atom. The van der Waals surface area contributed by atoms with E-state index in [1.165, 1.54) is 6.08 Å². The van der Waals surface area contributed by atoms with Crippen LogP contribution in [0.15, 0.2) is 73.3 Å². The summed E-state index contributed by atoms with van der Waals surface area (Å²) in [5.41, 5.74) is 2.48. The zero-order valence-corrected chi connectivity index (χ0v) is 16.8. The maximum Gasteiger partial charge on any atom is 0.246 e. The Hall–Kier alpha value is -3.38. The van der Waals surface area contributed by atoms with Gasteiger partial charge in [0.2, 0.25) is 5.91 Å². The van der Waals surface area contributed by atoms with Crippen molar-refractivity contribution >= 4 is 5.91 Å². The smallest absolute Gasteiger partial charge is 0.246 e. The number of aliphatic hydroxyl groups is 1. The van der Waals surface area contributed by atoms with E-state index in [2.05, 4.69) is 6.58 Å². The Bertz CT molecular complexity index is 1010. The second-order valence-corrected chi connectivity index (χ2v) is 7.35. The number of likely N-dealkylation sites (tertiary alicyclic amines) is 1. The van der Waals surface area contributed by atoms with Gasteiger partial charge in [0.1, 0.15) is 11.5 Å². The average molecular weight is 403 g/mol. The van der Waals surface area contributed by atoms with Crippen LogP contribution < -0.4 is 4.74 Å². The highest BCUT2D eigenvalue weighted by Crippen LogP contribution is 2.29. The molecule has 0 saturated carbocycles. The largest absolute Gasteiger partial charge is 0.457 e. The summed E-state index contributed by atoms with van der Waals surface area (Å²) in [5, 5.41) is 14.6. The monoisotopic (exact) mass is 403 g/mol. The van der Waals surface area contributed by atoms with Gasteiger partial charge in [-0.1, -0.05) is 24.8 Å². The van der Waals surface area contributed by atoms with Crippen LogP contribution >= 0.6 is 0 Å². The highest BCUT2D eigenvalue weighted by atomic mass is 16.5. The molecule has 1 aliphatic heterocycles. The number of piperidine rings is 1. The molecule has 0 aliphatic carbocycles. The molecule has 154 valence electrons. The molecule has 1 atom stereocenters. The summed E-state index contributed by atoms with van der Waals surface area (Å²) in [4.78, 5) is 13.8. The van der Waals surface area contributed by atoms with E-state index in [-0.39, 0.29) is 18.6 Å². The van der Waals surface area contributed by atoms with E-state index >= 15 is 0 Å². The summed E-state index contributed by atoms with van der Waals surface area (Å²) >= 11 is 0. The van der Waals surface area contributed by atoms with E-state index in [9.17, 15) is 9.90 Å². The Kier molecular flexibility index (Phi) is 5.95. The average Bonchev–Trinajstić information content (AvgIpc) is 3.24. The number of rotatable bonds is 6. The van der Waals surface area contributed by atoms with Crippen LogP contribution in [0.5, 0.6) is 11.5 Å². The zero-order chi connectivity index (χ0) is 20.9. The summed E-state index contributed by atoms with van der Waals surface area (Å²) in [6.07, 6.45) is 3.16. The zero-order valence-electron chi connectivity index (χ0n) is 16.8. The Morgan fingerprint density at radius 3 is 2.60 bits per heavy atom. The van der Waals surface area contributed by atoms with Gasteiger partial charge in [-0.25, -0.2) is 0 Å². The Labute approximate surface area is 176 Å². The van der Waals surface area contributed by atoms with Gasteiger partial charge >= 0.3 is 0 Å². The van der Waals surface area contributed by atoms with Crippen molar-refractivity contribution in [1.82, 2.24) is 14.7 Å². The van der Waals surface area contributed by atoms with Crippen molar-refractivity contribution in [3.8, 4) is 22.8 Å². The van der Waals surface area contributed by atoms with Gasteiger partial charge in [-0.3, -0.25) is 9.48 Å². The molecule has 1 saturated heterocycles. The summed E-state index contributed by atoms with van der Waals surface area (Å²) in [5.74, 6) is 1.47. The van der Waals surface area contributed by atoms with Gasteiger partial charge in [0, 0.05) is 18.7 Å². The number of nitrogens with zero attached hydrogens (tertiary/aromatic N) is 3. The molecular weight excluding hydrogens is 378 g/mol. The fourth-order valence-corrected chi connectivity index (χ4v) is 3.81. The molecule has 2 heterocycles. The van der Waals surface area contributed by atoms with Gasteiger partial charge < -0.3 is 14.7 Å². The third kappa shape index (κ3) is 4.28. The van der Waals surface area contributed by atoms with Crippen LogP contribution in [0.1, 0.15) is 24.6 Å². The third-order valence-corrected chi connectivity index (χ3v) is 5.33. The summed E-state index contributed by atoms with van der Waals surface area (Å²) < 4.78 is 7.72. The predicted octanol–water partition coefficient (Wildman–Crippen LogP) is 4.18. The van der Waals surface area contributed by atoms with Crippen molar-refractivity contribution in [2.24, 2.45) is 0 Å². The minimum Gasteiger partial charge on any atom is -0.457 e.